The monoisotopic (exact) mass is 586 g/mol. The van der Waals surface area contributed by atoms with E-state index in [1.54, 1.807) is 31.3 Å². The number of carbonyl (C=O) groups is 1. The number of rotatable bonds is 22. The van der Waals surface area contributed by atoms with E-state index in [-0.39, 0.29) is 12.6 Å². The summed E-state index contributed by atoms with van der Waals surface area (Å²) in [7, 11) is 1.48. The van der Waals surface area contributed by atoms with Gasteiger partial charge in [-0.1, -0.05) is 103 Å². The Kier molecular flexibility index (Phi) is 17.5. The molecule has 0 saturated heterocycles. The Morgan fingerprint density at radius 1 is 0.905 bits per heavy atom. The molecule has 42 heavy (non-hydrogen) atoms. The van der Waals surface area contributed by atoms with Crippen molar-refractivity contribution in [3.8, 4) is 0 Å². The van der Waals surface area contributed by atoms with E-state index in [9.17, 15) is 14.4 Å². The number of hydrogen-bond acceptors (Lipinski definition) is 6. The second-order valence-corrected chi connectivity index (χ2v) is 11.3. The van der Waals surface area contributed by atoms with Crippen molar-refractivity contribution in [1.29, 1.82) is 0 Å². The summed E-state index contributed by atoms with van der Waals surface area (Å²) in [4.78, 5) is 42.9. The molecule has 3 unspecified atom stereocenters. The number of carbonyl (C=O) groups excluding carboxylic acids is 1. The number of unbranched alkanes of at least 4 members (excludes halogenated alkanes) is 12. The van der Waals surface area contributed by atoms with Crippen LogP contribution in [-0.2, 0) is 16.0 Å². The number of hydrogen-bond donors (Lipinski definition) is 1. The Labute approximate surface area is 252 Å². The molecule has 0 aliphatic heterocycles. The van der Waals surface area contributed by atoms with Crippen LogP contribution in [0.3, 0.4) is 0 Å². The Morgan fingerprint density at radius 3 is 2.07 bits per heavy atom. The van der Waals surface area contributed by atoms with Crippen LogP contribution in [0.15, 0.2) is 46.2 Å². The molecule has 2 aromatic rings. The minimum absolute atomic E-state index is 0.0106. The van der Waals surface area contributed by atoms with Crippen molar-refractivity contribution in [2.75, 3.05) is 7.11 Å². The molecule has 0 bridgehead atoms. The largest absolute Gasteiger partial charge is 0.422 e. The molecule has 9 nitrogen and oxygen atoms in total. The van der Waals surface area contributed by atoms with Crippen molar-refractivity contribution in [1.82, 2.24) is 19.4 Å². The first-order chi connectivity index (χ1) is 20.4. The molecule has 236 valence electrons. The Bertz CT molecular complexity index is 1120. The third-order valence-corrected chi connectivity index (χ3v) is 7.89. The molecule has 0 aliphatic carbocycles. The fourth-order valence-corrected chi connectivity index (χ4v) is 5.12. The number of nitrogens with one attached hydrogen (secondary N) is 1. The standard InChI is InChI=1S/C33H54N4O5/c1-5-7-8-9-10-11-12-13-14-15-16-17-18-21-28(6-2)35-32(39)42-31(27(3)41-4)36-25-23-30(38)37(33(36)40)26-29-22-19-20-24-34-29/h19-20,22-25,27-28,31H,5-18,21,26H2,1-4H3,(H,35,39). The molecule has 0 radical (unpaired) electrons. The lowest BCUT2D eigenvalue weighted by atomic mass is 10.0. The average Bonchev–Trinajstić information content (AvgIpc) is 3.00. The van der Waals surface area contributed by atoms with Gasteiger partial charge >= 0.3 is 11.8 Å². The van der Waals surface area contributed by atoms with Crippen molar-refractivity contribution >= 4 is 6.09 Å². The van der Waals surface area contributed by atoms with E-state index < -0.39 is 29.7 Å². The summed E-state index contributed by atoms with van der Waals surface area (Å²) in [5.41, 5.74) is -0.490. The summed E-state index contributed by atoms with van der Waals surface area (Å²) in [6, 6.07) is 6.56. The highest BCUT2D eigenvalue weighted by Gasteiger charge is 2.26. The molecular formula is C33H54N4O5. The molecule has 1 amide bonds. The molecule has 3 atom stereocenters. The van der Waals surface area contributed by atoms with Crippen LogP contribution in [0.1, 0.15) is 129 Å². The van der Waals surface area contributed by atoms with Crippen LogP contribution in [0.4, 0.5) is 4.79 Å². The van der Waals surface area contributed by atoms with Gasteiger partial charge in [0.15, 0.2) is 0 Å². The first-order valence-corrected chi connectivity index (χ1v) is 16.1. The lowest BCUT2D eigenvalue weighted by Crippen LogP contribution is -2.45. The zero-order chi connectivity index (χ0) is 30.6. The van der Waals surface area contributed by atoms with E-state index in [1.807, 2.05) is 6.92 Å². The van der Waals surface area contributed by atoms with Gasteiger partial charge in [0.2, 0.25) is 6.23 Å². The number of ether oxygens (including phenoxy) is 2. The number of amides is 1. The van der Waals surface area contributed by atoms with Crippen LogP contribution in [-0.4, -0.2) is 39.5 Å². The minimum Gasteiger partial charge on any atom is -0.422 e. The minimum atomic E-state index is -1.05. The summed E-state index contributed by atoms with van der Waals surface area (Å²) in [5.74, 6) is 0. The van der Waals surface area contributed by atoms with Crippen LogP contribution in [0, 0.1) is 0 Å². The van der Waals surface area contributed by atoms with Crippen molar-refractivity contribution in [3.63, 3.8) is 0 Å². The van der Waals surface area contributed by atoms with Crippen LogP contribution >= 0.6 is 0 Å². The van der Waals surface area contributed by atoms with Crippen LogP contribution in [0.2, 0.25) is 0 Å². The van der Waals surface area contributed by atoms with E-state index in [2.05, 4.69) is 17.2 Å². The number of aromatic nitrogens is 3. The quantitative estimate of drug-likeness (QED) is 0.149. The van der Waals surface area contributed by atoms with Gasteiger partial charge < -0.3 is 14.8 Å². The molecule has 0 aromatic carbocycles. The third kappa shape index (κ3) is 12.9. The maximum Gasteiger partial charge on any atom is 0.409 e. The first kappa shape index (κ1) is 35.3. The van der Waals surface area contributed by atoms with Gasteiger partial charge in [-0.15, -0.1) is 0 Å². The Balaban J connectivity index is 1.81. The van der Waals surface area contributed by atoms with Crippen molar-refractivity contribution in [2.45, 2.75) is 142 Å². The lowest BCUT2D eigenvalue weighted by Gasteiger charge is -2.26. The predicted molar refractivity (Wildman–Crippen MR) is 168 cm³/mol. The molecule has 0 spiro atoms. The topological polar surface area (TPSA) is 104 Å². The highest BCUT2D eigenvalue weighted by Crippen LogP contribution is 2.16. The molecule has 0 aliphatic rings. The van der Waals surface area contributed by atoms with Gasteiger partial charge in [-0.25, -0.2) is 9.59 Å². The van der Waals surface area contributed by atoms with E-state index in [0.717, 1.165) is 30.3 Å². The van der Waals surface area contributed by atoms with Crippen molar-refractivity contribution < 1.29 is 14.3 Å². The predicted octanol–water partition coefficient (Wildman–Crippen LogP) is 6.97. The molecule has 9 heteroatoms. The van der Waals surface area contributed by atoms with E-state index >= 15 is 0 Å². The zero-order valence-electron chi connectivity index (χ0n) is 26.4. The summed E-state index contributed by atoms with van der Waals surface area (Å²) >= 11 is 0. The summed E-state index contributed by atoms with van der Waals surface area (Å²) in [6.45, 7) is 6.02. The Hall–Kier alpha value is -2.94. The number of nitrogens with zero attached hydrogens (tertiary/aromatic N) is 3. The van der Waals surface area contributed by atoms with Gasteiger partial charge in [-0.3, -0.25) is 18.9 Å². The molecule has 0 fully saturated rings. The molecule has 2 rings (SSSR count). The fraction of sp³-hybridized carbons (Fsp3) is 0.697. The van der Waals surface area contributed by atoms with Gasteiger partial charge in [0.1, 0.15) is 6.10 Å². The fourth-order valence-electron chi connectivity index (χ4n) is 5.12. The SMILES string of the molecule is CCCCCCCCCCCCCCCC(CC)NC(=O)OC(C(C)OC)n1ccc(=O)n(Cc2ccccn2)c1=O. The van der Waals surface area contributed by atoms with Crippen LogP contribution in [0.5, 0.6) is 0 Å². The molecule has 2 aromatic heterocycles. The zero-order valence-corrected chi connectivity index (χ0v) is 26.4. The molecule has 2 heterocycles. The van der Waals surface area contributed by atoms with Gasteiger partial charge in [-0.2, -0.15) is 0 Å². The lowest BCUT2D eigenvalue weighted by molar-refractivity contribution is -0.0549. The first-order valence-electron chi connectivity index (χ1n) is 16.1. The van der Waals surface area contributed by atoms with Crippen LogP contribution < -0.4 is 16.6 Å². The van der Waals surface area contributed by atoms with E-state index in [1.165, 1.54) is 94.6 Å². The van der Waals surface area contributed by atoms with Gasteiger partial charge in [0.05, 0.1) is 12.2 Å². The summed E-state index contributed by atoms with van der Waals surface area (Å²) in [6.07, 6.45) is 19.2. The summed E-state index contributed by atoms with van der Waals surface area (Å²) < 4.78 is 13.5. The van der Waals surface area contributed by atoms with E-state index in [0.29, 0.717) is 5.69 Å². The molecular weight excluding hydrogens is 532 g/mol. The van der Waals surface area contributed by atoms with Crippen molar-refractivity contribution in [2.24, 2.45) is 0 Å². The smallest absolute Gasteiger partial charge is 0.409 e. The van der Waals surface area contributed by atoms with Gasteiger partial charge in [-0.05, 0) is 31.9 Å². The van der Waals surface area contributed by atoms with E-state index in [4.69, 9.17) is 9.47 Å². The normalized spacial score (nSPS) is 13.4. The number of alkyl carbamates (subject to hydrolysis) is 1. The maximum absolute atomic E-state index is 13.3. The summed E-state index contributed by atoms with van der Waals surface area (Å²) in [5, 5.41) is 2.96. The number of pyridine rings is 1. The molecule has 0 saturated carbocycles. The number of methoxy groups -OCH3 is 1. The second-order valence-electron chi connectivity index (χ2n) is 11.3. The second kappa shape index (κ2) is 20.9. The van der Waals surface area contributed by atoms with Crippen LogP contribution in [0.25, 0.3) is 0 Å². The Morgan fingerprint density at radius 2 is 1.52 bits per heavy atom. The highest BCUT2D eigenvalue weighted by atomic mass is 16.6. The highest BCUT2D eigenvalue weighted by molar-refractivity contribution is 5.67. The molecule has 1 N–H and O–H groups in total. The average molecular weight is 587 g/mol. The van der Waals surface area contributed by atoms with Crippen molar-refractivity contribution in [3.05, 3.63) is 63.2 Å². The third-order valence-electron chi connectivity index (χ3n) is 7.89. The van der Waals surface area contributed by atoms with Gasteiger partial charge in [0, 0.05) is 31.6 Å². The maximum atomic E-state index is 13.3. The van der Waals surface area contributed by atoms with Gasteiger partial charge in [0.25, 0.3) is 5.56 Å².